The summed E-state index contributed by atoms with van der Waals surface area (Å²) >= 11 is 0. The summed E-state index contributed by atoms with van der Waals surface area (Å²) in [5, 5.41) is 2.88. The van der Waals surface area contributed by atoms with Crippen LogP contribution in [0.3, 0.4) is 0 Å². The first kappa shape index (κ1) is 19.4. The minimum atomic E-state index is -0.861. The molecule has 0 aromatic heterocycles. The van der Waals surface area contributed by atoms with Gasteiger partial charge in [-0.3, -0.25) is 9.59 Å². The lowest BCUT2D eigenvalue weighted by atomic mass is 10.1. The van der Waals surface area contributed by atoms with E-state index in [2.05, 4.69) is 17.4 Å². The lowest BCUT2D eigenvalue weighted by Gasteiger charge is -2.20. The van der Waals surface area contributed by atoms with Crippen LogP contribution in [-0.2, 0) is 16.0 Å². The zero-order valence-electron chi connectivity index (χ0n) is 14.7. The number of hydrogen-bond acceptors (Lipinski definition) is 5. The minimum Gasteiger partial charge on any atom is -0.352 e. The van der Waals surface area contributed by atoms with Crippen molar-refractivity contribution in [2.75, 3.05) is 13.1 Å². The predicted octanol–water partition coefficient (Wildman–Crippen LogP) is -0.662. The van der Waals surface area contributed by atoms with Crippen LogP contribution in [0, 0.1) is 0 Å². The van der Waals surface area contributed by atoms with Crippen LogP contribution in [0.5, 0.6) is 0 Å². The van der Waals surface area contributed by atoms with Crippen LogP contribution < -0.4 is 22.5 Å². The molecule has 25 heavy (non-hydrogen) atoms. The zero-order chi connectivity index (χ0) is 18.4. The number of carbonyl (C=O) groups excluding carboxylic acids is 2. The molecule has 2 rings (SSSR count). The summed E-state index contributed by atoms with van der Waals surface area (Å²) in [4.78, 5) is 26.0. The molecule has 1 aromatic rings. The summed E-state index contributed by atoms with van der Waals surface area (Å²) in [6.07, 6.45) is 1.66. The molecule has 0 saturated carbocycles. The van der Waals surface area contributed by atoms with Crippen LogP contribution in [0.2, 0.25) is 0 Å². The molecule has 1 fully saturated rings. The van der Waals surface area contributed by atoms with Crippen molar-refractivity contribution in [2.24, 2.45) is 17.2 Å². The SMILES string of the molecule is CC(CCc1ccccc1)NC(=O)C(N)CC(=O)N1CC(N)C(N)C1. The molecule has 2 amide bonds. The maximum absolute atomic E-state index is 12.2. The summed E-state index contributed by atoms with van der Waals surface area (Å²) in [5.74, 6) is -0.482. The van der Waals surface area contributed by atoms with Gasteiger partial charge in [-0.25, -0.2) is 0 Å². The van der Waals surface area contributed by atoms with E-state index in [1.807, 2.05) is 25.1 Å². The van der Waals surface area contributed by atoms with Crippen molar-refractivity contribution in [3.8, 4) is 0 Å². The molecule has 0 bridgehead atoms. The summed E-state index contributed by atoms with van der Waals surface area (Å²) in [7, 11) is 0. The Morgan fingerprint density at radius 1 is 1.20 bits per heavy atom. The molecule has 1 heterocycles. The Kier molecular flexibility index (Phi) is 6.92. The average molecular weight is 347 g/mol. The number of carbonyl (C=O) groups is 2. The fraction of sp³-hybridized carbons (Fsp3) is 0.556. The first-order valence-corrected chi connectivity index (χ1v) is 8.75. The predicted molar refractivity (Wildman–Crippen MR) is 97.5 cm³/mol. The average Bonchev–Trinajstić information content (AvgIpc) is 2.93. The number of nitrogens with two attached hydrogens (primary N) is 3. The van der Waals surface area contributed by atoms with Gasteiger partial charge in [0, 0.05) is 31.2 Å². The van der Waals surface area contributed by atoms with E-state index < -0.39 is 6.04 Å². The monoisotopic (exact) mass is 347 g/mol. The molecule has 138 valence electrons. The molecule has 4 unspecified atom stereocenters. The van der Waals surface area contributed by atoms with Gasteiger partial charge < -0.3 is 27.4 Å². The van der Waals surface area contributed by atoms with Gasteiger partial charge in [0.15, 0.2) is 0 Å². The van der Waals surface area contributed by atoms with E-state index in [1.165, 1.54) is 5.56 Å². The molecule has 7 N–H and O–H groups in total. The molecular weight excluding hydrogens is 318 g/mol. The van der Waals surface area contributed by atoms with Crippen molar-refractivity contribution < 1.29 is 9.59 Å². The van der Waals surface area contributed by atoms with E-state index in [0.717, 1.165) is 12.8 Å². The van der Waals surface area contributed by atoms with Gasteiger partial charge in [-0.05, 0) is 25.3 Å². The van der Waals surface area contributed by atoms with Gasteiger partial charge in [-0.1, -0.05) is 30.3 Å². The second kappa shape index (κ2) is 8.94. The minimum absolute atomic E-state index is 0.0116. The van der Waals surface area contributed by atoms with E-state index in [0.29, 0.717) is 13.1 Å². The molecule has 1 aliphatic rings. The Morgan fingerprint density at radius 3 is 2.40 bits per heavy atom. The molecule has 0 aliphatic carbocycles. The maximum atomic E-state index is 12.2. The van der Waals surface area contributed by atoms with E-state index in [-0.39, 0.29) is 36.4 Å². The lowest BCUT2D eigenvalue weighted by Crippen LogP contribution is -2.47. The number of nitrogens with zero attached hydrogens (tertiary/aromatic N) is 1. The smallest absolute Gasteiger partial charge is 0.237 e. The highest BCUT2D eigenvalue weighted by molar-refractivity contribution is 5.88. The Bertz CT molecular complexity index is 570. The topological polar surface area (TPSA) is 127 Å². The first-order chi connectivity index (χ1) is 11.9. The largest absolute Gasteiger partial charge is 0.352 e. The molecule has 7 nitrogen and oxygen atoms in total. The normalized spacial score (nSPS) is 22.5. The number of rotatable bonds is 7. The number of hydrogen-bond donors (Lipinski definition) is 4. The van der Waals surface area contributed by atoms with Crippen LogP contribution in [0.4, 0.5) is 0 Å². The summed E-state index contributed by atoms with van der Waals surface area (Å²) in [6, 6.07) is 8.79. The number of benzene rings is 1. The number of amides is 2. The van der Waals surface area contributed by atoms with Crippen molar-refractivity contribution in [3.63, 3.8) is 0 Å². The third-order valence-corrected chi connectivity index (χ3v) is 4.59. The van der Waals surface area contributed by atoms with E-state index in [9.17, 15) is 9.59 Å². The summed E-state index contributed by atoms with van der Waals surface area (Å²) < 4.78 is 0. The van der Waals surface area contributed by atoms with Crippen LogP contribution in [0.25, 0.3) is 0 Å². The standard InChI is InChI=1S/C18H29N5O2/c1-12(7-8-13-5-3-2-4-6-13)22-18(25)14(19)9-17(24)23-10-15(20)16(21)11-23/h2-6,12,14-16H,7-11,19-21H2,1H3,(H,22,25). The fourth-order valence-corrected chi connectivity index (χ4v) is 2.92. The van der Waals surface area contributed by atoms with Crippen molar-refractivity contribution in [1.82, 2.24) is 10.2 Å². The highest BCUT2D eigenvalue weighted by atomic mass is 16.2. The van der Waals surface area contributed by atoms with Gasteiger partial charge in [0.25, 0.3) is 0 Å². The lowest BCUT2D eigenvalue weighted by molar-refractivity contribution is -0.133. The maximum Gasteiger partial charge on any atom is 0.237 e. The molecule has 7 heteroatoms. The highest BCUT2D eigenvalue weighted by Crippen LogP contribution is 2.09. The van der Waals surface area contributed by atoms with Crippen molar-refractivity contribution in [1.29, 1.82) is 0 Å². The van der Waals surface area contributed by atoms with Gasteiger partial charge >= 0.3 is 0 Å². The number of nitrogens with one attached hydrogen (secondary N) is 1. The third-order valence-electron chi connectivity index (χ3n) is 4.59. The quantitative estimate of drug-likeness (QED) is 0.520. The zero-order valence-corrected chi connectivity index (χ0v) is 14.7. The molecule has 1 saturated heterocycles. The molecule has 0 radical (unpaired) electrons. The second-order valence-corrected chi connectivity index (χ2v) is 6.87. The van der Waals surface area contributed by atoms with Crippen LogP contribution >= 0.6 is 0 Å². The van der Waals surface area contributed by atoms with Gasteiger partial charge in [0.2, 0.25) is 11.8 Å². The second-order valence-electron chi connectivity index (χ2n) is 6.87. The Morgan fingerprint density at radius 2 is 1.80 bits per heavy atom. The van der Waals surface area contributed by atoms with Gasteiger partial charge in [-0.2, -0.15) is 0 Å². The van der Waals surface area contributed by atoms with Crippen LogP contribution in [0.15, 0.2) is 30.3 Å². The molecule has 4 atom stereocenters. The Hall–Kier alpha value is -1.96. The first-order valence-electron chi connectivity index (χ1n) is 8.75. The number of likely N-dealkylation sites (tertiary alicyclic amines) is 1. The van der Waals surface area contributed by atoms with Gasteiger partial charge in [-0.15, -0.1) is 0 Å². The summed E-state index contributed by atoms with van der Waals surface area (Å²) in [6.45, 7) is 2.78. The number of aryl methyl sites for hydroxylation is 1. The van der Waals surface area contributed by atoms with Crippen molar-refractivity contribution in [2.45, 2.75) is 50.4 Å². The Balaban J connectivity index is 1.73. The van der Waals surface area contributed by atoms with Crippen molar-refractivity contribution >= 4 is 11.8 Å². The van der Waals surface area contributed by atoms with E-state index in [4.69, 9.17) is 17.2 Å². The molecule has 0 spiro atoms. The van der Waals surface area contributed by atoms with Crippen LogP contribution in [-0.4, -0.2) is 54.0 Å². The van der Waals surface area contributed by atoms with E-state index >= 15 is 0 Å². The van der Waals surface area contributed by atoms with Gasteiger partial charge in [0.1, 0.15) is 0 Å². The fourth-order valence-electron chi connectivity index (χ4n) is 2.92. The molecule has 1 aliphatic heterocycles. The molecule has 1 aromatic carbocycles. The van der Waals surface area contributed by atoms with Gasteiger partial charge in [0.05, 0.1) is 12.5 Å². The van der Waals surface area contributed by atoms with E-state index in [1.54, 1.807) is 4.90 Å². The van der Waals surface area contributed by atoms with Crippen molar-refractivity contribution in [3.05, 3.63) is 35.9 Å². The third kappa shape index (κ3) is 5.81. The Labute approximate surface area is 148 Å². The highest BCUT2D eigenvalue weighted by Gasteiger charge is 2.31. The molecular formula is C18H29N5O2. The van der Waals surface area contributed by atoms with Crippen LogP contribution in [0.1, 0.15) is 25.3 Å². The summed E-state index contributed by atoms with van der Waals surface area (Å²) in [5.41, 5.74) is 18.7.